The Labute approximate surface area is 128 Å². The van der Waals surface area contributed by atoms with Gasteiger partial charge < -0.3 is 5.32 Å². The SMILES string of the molecule is CC(C)NC(=O)c1cccc2c1C(=O)c1ccccc1C2=O. The van der Waals surface area contributed by atoms with E-state index in [9.17, 15) is 14.4 Å². The van der Waals surface area contributed by atoms with E-state index >= 15 is 0 Å². The molecule has 1 aliphatic rings. The van der Waals surface area contributed by atoms with Gasteiger partial charge in [-0.3, -0.25) is 14.4 Å². The highest BCUT2D eigenvalue weighted by molar-refractivity contribution is 6.30. The molecule has 0 saturated heterocycles. The summed E-state index contributed by atoms with van der Waals surface area (Å²) >= 11 is 0. The number of hydrogen-bond donors (Lipinski definition) is 1. The predicted octanol–water partition coefficient (Wildman–Crippen LogP) is 2.60. The van der Waals surface area contributed by atoms with Gasteiger partial charge in [0.1, 0.15) is 0 Å². The predicted molar refractivity (Wildman–Crippen MR) is 82.4 cm³/mol. The van der Waals surface area contributed by atoms with Crippen LogP contribution in [0.3, 0.4) is 0 Å². The lowest BCUT2D eigenvalue weighted by atomic mass is 9.81. The van der Waals surface area contributed by atoms with Gasteiger partial charge in [-0.1, -0.05) is 36.4 Å². The summed E-state index contributed by atoms with van der Waals surface area (Å²) < 4.78 is 0. The van der Waals surface area contributed by atoms with Crippen molar-refractivity contribution in [3.63, 3.8) is 0 Å². The van der Waals surface area contributed by atoms with Crippen molar-refractivity contribution in [3.8, 4) is 0 Å². The minimum absolute atomic E-state index is 0.0509. The Bertz CT molecular complexity index is 806. The molecular formula is C18H15NO3. The summed E-state index contributed by atoms with van der Waals surface area (Å²) in [6, 6.07) is 11.5. The second-order valence-corrected chi connectivity index (χ2v) is 5.56. The molecule has 1 N–H and O–H groups in total. The normalized spacial score (nSPS) is 12.9. The Kier molecular flexibility index (Phi) is 3.37. The van der Waals surface area contributed by atoms with Gasteiger partial charge in [0, 0.05) is 28.3 Å². The fourth-order valence-corrected chi connectivity index (χ4v) is 2.67. The highest BCUT2D eigenvalue weighted by Crippen LogP contribution is 2.29. The zero-order valence-electron chi connectivity index (χ0n) is 12.3. The topological polar surface area (TPSA) is 63.2 Å². The summed E-state index contributed by atoms with van der Waals surface area (Å²) in [5.41, 5.74) is 1.48. The van der Waals surface area contributed by atoms with Crippen molar-refractivity contribution in [2.75, 3.05) is 0 Å². The van der Waals surface area contributed by atoms with Crippen LogP contribution in [-0.2, 0) is 0 Å². The molecule has 0 fully saturated rings. The number of carbonyl (C=O) groups is 3. The van der Waals surface area contributed by atoms with Crippen LogP contribution in [-0.4, -0.2) is 23.5 Å². The molecular weight excluding hydrogens is 278 g/mol. The van der Waals surface area contributed by atoms with Gasteiger partial charge in [-0.15, -0.1) is 0 Å². The number of hydrogen-bond acceptors (Lipinski definition) is 3. The Hall–Kier alpha value is -2.75. The van der Waals surface area contributed by atoms with Crippen LogP contribution < -0.4 is 5.32 Å². The van der Waals surface area contributed by atoms with E-state index < -0.39 is 0 Å². The van der Waals surface area contributed by atoms with Crippen molar-refractivity contribution in [3.05, 3.63) is 70.3 Å². The second-order valence-electron chi connectivity index (χ2n) is 5.56. The molecule has 1 aliphatic carbocycles. The van der Waals surface area contributed by atoms with E-state index in [0.717, 1.165) is 0 Å². The molecule has 0 atom stereocenters. The van der Waals surface area contributed by atoms with Gasteiger partial charge in [-0.25, -0.2) is 0 Å². The Morgan fingerprint density at radius 3 is 2.09 bits per heavy atom. The van der Waals surface area contributed by atoms with Gasteiger partial charge in [-0.05, 0) is 19.9 Å². The van der Waals surface area contributed by atoms with Gasteiger partial charge >= 0.3 is 0 Å². The van der Waals surface area contributed by atoms with Crippen molar-refractivity contribution in [1.82, 2.24) is 5.32 Å². The van der Waals surface area contributed by atoms with Gasteiger partial charge in [0.05, 0.1) is 5.56 Å². The van der Waals surface area contributed by atoms with Gasteiger partial charge in [-0.2, -0.15) is 0 Å². The van der Waals surface area contributed by atoms with E-state index in [1.807, 2.05) is 13.8 Å². The standard InChI is InChI=1S/C18H15NO3/c1-10(2)19-18(22)14-9-5-8-13-15(14)17(21)12-7-4-3-6-11(12)16(13)20/h3-10H,1-2H3,(H,19,22). The lowest BCUT2D eigenvalue weighted by molar-refractivity contribution is 0.0929. The monoisotopic (exact) mass is 293 g/mol. The molecule has 0 heterocycles. The fourth-order valence-electron chi connectivity index (χ4n) is 2.67. The highest BCUT2D eigenvalue weighted by Gasteiger charge is 2.32. The third-order valence-electron chi connectivity index (χ3n) is 3.62. The molecule has 0 spiro atoms. The lowest BCUT2D eigenvalue weighted by Gasteiger charge is -2.20. The van der Waals surface area contributed by atoms with Crippen LogP contribution in [0, 0.1) is 0 Å². The number of carbonyl (C=O) groups excluding carboxylic acids is 3. The maximum atomic E-state index is 12.7. The Morgan fingerprint density at radius 2 is 1.45 bits per heavy atom. The molecule has 2 aromatic rings. The third-order valence-corrected chi connectivity index (χ3v) is 3.62. The fraction of sp³-hybridized carbons (Fsp3) is 0.167. The Balaban J connectivity index is 2.19. The van der Waals surface area contributed by atoms with E-state index in [1.54, 1.807) is 42.5 Å². The van der Waals surface area contributed by atoms with E-state index in [1.165, 1.54) is 0 Å². The van der Waals surface area contributed by atoms with Crippen molar-refractivity contribution in [2.24, 2.45) is 0 Å². The molecule has 4 nitrogen and oxygen atoms in total. The molecule has 0 aromatic heterocycles. The van der Waals surface area contributed by atoms with Crippen LogP contribution in [0.2, 0.25) is 0 Å². The second kappa shape index (κ2) is 5.22. The van der Waals surface area contributed by atoms with Crippen LogP contribution in [0.4, 0.5) is 0 Å². The van der Waals surface area contributed by atoms with Crippen molar-refractivity contribution in [2.45, 2.75) is 19.9 Å². The minimum Gasteiger partial charge on any atom is -0.350 e. The number of rotatable bonds is 2. The average molecular weight is 293 g/mol. The summed E-state index contributed by atoms with van der Waals surface area (Å²) in [6.45, 7) is 3.69. The molecule has 4 heteroatoms. The number of benzene rings is 2. The molecule has 0 saturated carbocycles. The summed E-state index contributed by atoms with van der Waals surface area (Å²) in [5, 5.41) is 2.77. The van der Waals surface area contributed by atoms with Gasteiger partial charge in [0.15, 0.2) is 11.6 Å². The van der Waals surface area contributed by atoms with Crippen LogP contribution in [0.1, 0.15) is 56.0 Å². The Morgan fingerprint density at radius 1 is 0.864 bits per heavy atom. The quantitative estimate of drug-likeness (QED) is 0.790. The van der Waals surface area contributed by atoms with Crippen LogP contribution in [0.25, 0.3) is 0 Å². The maximum Gasteiger partial charge on any atom is 0.252 e. The van der Waals surface area contributed by atoms with E-state index in [2.05, 4.69) is 5.32 Å². The summed E-state index contributed by atoms with van der Waals surface area (Å²) in [6.07, 6.45) is 0. The molecule has 22 heavy (non-hydrogen) atoms. The molecule has 0 aliphatic heterocycles. The van der Waals surface area contributed by atoms with Crippen LogP contribution in [0.15, 0.2) is 42.5 Å². The van der Waals surface area contributed by atoms with Crippen molar-refractivity contribution < 1.29 is 14.4 Å². The first kappa shape index (κ1) is 14.2. The first-order valence-corrected chi connectivity index (χ1v) is 7.13. The van der Waals surface area contributed by atoms with Crippen molar-refractivity contribution in [1.29, 1.82) is 0 Å². The van der Waals surface area contributed by atoms with Gasteiger partial charge in [0.25, 0.3) is 5.91 Å². The van der Waals surface area contributed by atoms with Crippen LogP contribution in [0.5, 0.6) is 0 Å². The number of ketones is 2. The van der Waals surface area contributed by atoms with Crippen LogP contribution >= 0.6 is 0 Å². The largest absolute Gasteiger partial charge is 0.350 e. The summed E-state index contributed by atoms with van der Waals surface area (Å²) in [5.74, 6) is -0.837. The lowest BCUT2D eigenvalue weighted by Crippen LogP contribution is -2.33. The molecule has 0 bridgehead atoms. The number of nitrogens with one attached hydrogen (secondary N) is 1. The van der Waals surface area contributed by atoms with E-state index in [-0.39, 0.29) is 34.6 Å². The smallest absolute Gasteiger partial charge is 0.252 e. The maximum absolute atomic E-state index is 12.7. The van der Waals surface area contributed by atoms with E-state index in [4.69, 9.17) is 0 Å². The highest BCUT2D eigenvalue weighted by atomic mass is 16.2. The molecule has 110 valence electrons. The van der Waals surface area contributed by atoms with Crippen molar-refractivity contribution >= 4 is 17.5 Å². The molecule has 1 amide bonds. The average Bonchev–Trinajstić information content (AvgIpc) is 2.51. The zero-order chi connectivity index (χ0) is 15.9. The molecule has 3 rings (SSSR count). The van der Waals surface area contributed by atoms with Gasteiger partial charge in [0.2, 0.25) is 0 Å². The summed E-state index contributed by atoms with van der Waals surface area (Å²) in [7, 11) is 0. The molecule has 0 radical (unpaired) electrons. The number of amides is 1. The third kappa shape index (κ3) is 2.13. The number of fused-ring (bicyclic) bond motifs is 2. The first-order chi connectivity index (χ1) is 10.5. The molecule has 0 unspecified atom stereocenters. The first-order valence-electron chi connectivity index (χ1n) is 7.13. The zero-order valence-corrected chi connectivity index (χ0v) is 12.3. The molecule has 2 aromatic carbocycles. The minimum atomic E-state index is -0.340. The van der Waals surface area contributed by atoms with E-state index in [0.29, 0.717) is 16.7 Å². The summed E-state index contributed by atoms with van der Waals surface area (Å²) in [4.78, 5) is 37.6.